The number of benzene rings is 2. The number of hydrogen-bond acceptors (Lipinski definition) is 3. The highest BCUT2D eigenvalue weighted by molar-refractivity contribution is 5.69. The van der Waals surface area contributed by atoms with Gasteiger partial charge in [-0.15, -0.1) is 0 Å². The Kier molecular flexibility index (Phi) is 5.54. The molecule has 3 nitrogen and oxygen atoms in total. The van der Waals surface area contributed by atoms with Crippen LogP contribution in [0.2, 0.25) is 0 Å². The number of likely N-dealkylation sites (tertiary alicyclic amines) is 1. The second-order valence-electron chi connectivity index (χ2n) is 6.95. The zero-order valence-electron chi connectivity index (χ0n) is 15.2. The van der Waals surface area contributed by atoms with Gasteiger partial charge < -0.3 is 4.74 Å². The smallest absolute Gasteiger partial charge is 0.306 e. The molecule has 3 heteroatoms. The molecule has 2 atom stereocenters. The van der Waals surface area contributed by atoms with Gasteiger partial charge in [0, 0.05) is 32.0 Å². The normalized spacial score (nSPS) is 23.5. The number of carbonyl (C=O) groups is 1. The molecule has 1 fully saturated rings. The molecule has 1 aliphatic rings. The predicted octanol–water partition coefficient (Wildman–Crippen LogP) is 4.17. The quantitative estimate of drug-likeness (QED) is 0.741. The minimum Gasteiger partial charge on any atom is -0.453 e. The number of hydrogen-bond donors (Lipinski definition) is 0. The first kappa shape index (κ1) is 17.7. The van der Waals surface area contributed by atoms with Gasteiger partial charge in [-0.25, -0.2) is 0 Å². The van der Waals surface area contributed by atoms with Gasteiger partial charge in [-0.1, -0.05) is 67.6 Å². The number of esters is 1. The molecule has 0 spiro atoms. The van der Waals surface area contributed by atoms with E-state index in [-0.39, 0.29) is 5.97 Å². The highest BCUT2D eigenvalue weighted by atomic mass is 16.6. The average Bonchev–Trinajstić information content (AvgIpc) is 2.98. The Labute approximate surface area is 150 Å². The zero-order chi connectivity index (χ0) is 17.7. The van der Waals surface area contributed by atoms with E-state index >= 15 is 0 Å². The second-order valence-corrected chi connectivity index (χ2v) is 6.95. The molecule has 0 radical (unpaired) electrons. The van der Waals surface area contributed by atoms with Crippen LogP contribution in [0.25, 0.3) is 0 Å². The molecule has 0 saturated carbocycles. The maximum atomic E-state index is 12.1. The molecule has 1 heterocycles. The van der Waals surface area contributed by atoms with Crippen LogP contribution in [0.4, 0.5) is 0 Å². The van der Waals surface area contributed by atoms with Crippen molar-refractivity contribution in [2.75, 3.05) is 13.1 Å². The van der Waals surface area contributed by atoms with E-state index in [0.717, 1.165) is 31.5 Å². The number of ether oxygens (including phenoxy) is 1. The number of rotatable bonds is 6. The van der Waals surface area contributed by atoms with E-state index < -0.39 is 5.60 Å². The van der Waals surface area contributed by atoms with Crippen molar-refractivity contribution in [3.8, 4) is 0 Å². The molecule has 0 N–H and O–H groups in total. The number of carbonyl (C=O) groups excluding carboxylic acids is 1. The fourth-order valence-electron chi connectivity index (χ4n) is 3.75. The molecule has 2 aromatic rings. The van der Waals surface area contributed by atoms with Crippen LogP contribution in [-0.4, -0.2) is 30.0 Å². The first-order valence-corrected chi connectivity index (χ1v) is 9.18. The van der Waals surface area contributed by atoms with E-state index in [0.29, 0.717) is 12.5 Å². The topological polar surface area (TPSA) is 29.5 Å². The molecule has 2 unspecified atom stereocenters. The Bertz CT molecular complexity index is 686. The standard InChI is InChI=1S/C22H27NO2/c1-3-21(24)25-22(20-12-8-5-9-13-20)16-18(2)23(17-22)15-14-19-10-6-4-7-11-19/h4-13,18H,3,14-17H2,1-2H3. The van der Waals surface area contributed by atoms with Crippen LogP contribution in [0.1, 0.15) is 37.8 Å². The van der Waals surface area contributed by atoms with Crippen LogP contribution >= 0.6 is 0 Å². The van der Waals surface area contributed by atoms with Crippen LogP contribution in [0.5, 0.6) is 0 Å². The minimum atomic E-state index is -0.523. The van der Waals surface area contributed by atoms with E-state index in [1.54, 1.807) is 0 Å². The van der Waals surface area contributed by atoms with Crippen molar-refractivity contribution in [2.45, 2.75) is 44.8 Å². The fourth-order valence-corrected chi connectivity index (χ4v) is 3.75. The Hall–Kier alpha value is -2.13. The van der Waals surface area contributed by atoms with Gasteiger partial charge in [-0.2, -0.15) is 0 Å². The highest BCUT2D eigenvalue weighted by Crippen LogP contribution is 2.39. The summed E-state index contributed by atoms with van der Waals surface area (Å²) in [5.41, 5.74) is 1.92. The molecular formula is C22H27NO2. The van der Waals surface area contributed by atoms with Gasteiger partial charge in [0.15, 0.2) is 5.60 Å². The van der Waals surface area contributed by atoms with Crippen molar-refractivity contribution < 1.29 is 9.53 Å². The van der Waals surface area contributed by atoms with Crippen LogP contribution in [0, 0.1) is 0 Å². The number of nitrogens with zero attached hydrogens (tertiary/aromatic N) is 1. The summed E-state index contributed by atoms with van der Waals surface area (Å²) in [6.45, 7) is 5.82. The first-order valence-electron chi connectivity index (χ1n) is 9.18. The third-order valence-electron chi connectivity index (χ3n) is 5.14. The van der Waals surface area contributed by atoms with Crippen LogP contribution in [-0.2, 0) is 21.6 Å². The van der Waals surface area contributed by atoms with Gasteiger partial charge in [0.2, 0.25) is 0 Å². The molecule has 0 amide bonds. The Balaban J connectivity index is 1.77. The van der Waals surface area contributed by atoms with Crippen LogP contribution in [0.15, 0.2) is 60.7 Å². The molecule has 3 rings (SSSR count). The molecule has 0 aromatic heterocycles. The Morgan fingerprint density at radius 2 is 1.76 bits per heavy atom. The third kappa shape index (κ3) is 4.10. The largest absolute Gasteiger partial charge is 0.453 e. The third-order valence-corrected chi connectivity index (χ3v) is 5.14. The average molecular weight is 337 g/mol. The van der Waals surface area contributed by atoms with Gasteiger partial charge in [-0.05, 0) is 24.5 Å². The zero-order valence-corrected chi connectivity index (χ0v) is 15.2. The van der Waals surface area contributed by atoms with Gasteiger partial charge in [0.25, 0.3) is 0 Å². The molecule has 1 saturated heterocycles. The van der Waals surface area contributed by atoms with Crippen molar-refractivity contribution in [3.05, 3.63) is 71.8 Å². The molecule has 0 bridgehead atoms. The summed E-state index contributed by atoms with van der Waals surface area (Å²) in [6.07, 6.45) is 2.27. The summed E-state index contributed by atoms with van der Waals surface area (Å²) < 4.78 is 6.01. The van der Waals surface area contributed by atoms with Gasteiger partial charge in [0.05, 0.1) is 0 Å². The SMILES string of the molecule is CCC(=O)OC1(c2ccccc2)CC(C)N(CCc2ccccc2)C1. The lowest BCUT2D eigenvalue weighted by atomic mass is 9.91. The highest BCUT2D eigenvalue weighted by Gasteiger charge is 2.46. The Morgan fingerprint density at radius 3 is 2.40 bits per heavy atom. The van der Waals surface area contributed by atoms with Crippen molar-refractivity contribution in [3.63, 3.8) is 0 Å². The van der Waals surface area contributed by atoms with E-state index in [4.69, 9.17) is 4.74 Å². The fraction of sp³-hybridized carbons (Fsp3) is 0.409. The molecular weight excluding hydrogens is 310 g/mol. The monoisotopic (exact) mass is 337 g/mol. The molecule has 132 valence electrons. The van der Waals surface area contributed by atoms with E-state index in [1.165, 1.54) is 5.56 Å². The van der Waals surface area contributed by atoms with Crippen LogP contribution in [0.3, 0.4) is 0 Å². The summed E-state index contributed by atoms with van der Waals surface area (Å²) in [4.78, 5) is 14.5. The van der Waals surface area contributed by atoms with Gasteiger partial charge >= 0.3 is 5.97 Å². The van der Waals surface area contributed by atoms with Crippen LogP contribution < -0.4 is 0 Å². The van der Waals surface area contributed by atoms with E-state index in [9.17, 15) is 4.79 Å². The summed E-state index contributed by atoms with van der Waals surface area (Å²) in [6, 6.07) is 21.1. The van der Waals surface area contributed by atoms with Gasteiger partial charge in [-0.3, -0.25) is 9.69 Å². The molecule has 25 heavy (non-hydrogen) atoms. The van der Waals surface area contributed by atoms with Crippen molar-refractivity contribution >= 4 is 5.97 Å². The summed E-state index contributed by atoms with van der Waals surface area (Å²) >= 11 is 0. The summed E-state index contributed by atoms with van der Waals surface area (Å²) in [5.74, 6) is -0.124. The summed E-state index contributed by atoms with van der Waals surface area (Å²) in [5, 5.41) is 0. The lowest BCUT2D eigenvalue weighted by Gasteiger charge is -2.30. The van der Waals surface area contributed by atoms with Crippen molar-refractivity contribution in [1.82, 2.24) is 4.90 Å². The van der Waals surface area contributed by atoms with E-state index in [1.807, 2.05) is 31.2 Å². The lowest BCUT2D eigenvalue weighted by molar-refractivity contribution is -0.159. The molecule has 2 aromatic carbocycles. The minimum absolute atomic E-state index is 0.124. The van der Waals surface area contributed by atoms with Crippen molar-refractivity contribution in [2.24, 2.45) is 0 Å². The lowest BCUT2D eigenvalue weighted by Crippen LogP contribution is -2.36. The van der Waals surface area contributed by atoms with Gasteiger partial charge in [0.1, 0.15) is 0 Å². The predicted molar refractivity (Wildman–Crippen MR) is 100 cm³/mol. The second kappa shape index (κ2) is 7.83. The molecule has 0 aliphatic carbocycles. The Morgan fingerprint density at radius 1 is 1.12 bits per heavy atom. The summed E-state index contributed by atoms with van der Waals surface area (Å²) in [7, 11) is 0. The molecule has 1 aliphatic heterocycles. The van der Waals surface area contributed by atoms with E-state index in [2.05, 4.69) is 48.2 Å². The maximum Gasteiger partial charge on any atom is 0.306 e. The van der Waals surface area contributed by atoms with Crippen molar-refractivity contribution in [1.29, 1.82) is 0 Å². The first-order chi connectivity index (χ1) is 12.1. The maximum absolute atomic E-state index is 12.1.